The molecule has 4 N–H and O–H groups in total. The quantitative estimate of drug-likeness (QED) is 0.523. The number of carbonyl (C=O) groups is 2. The number of aliphatic carboxylic acids is 1. The molecule has 0 radical (unpaired) electrons. The third-order valence-electron chi connectivity index (χ3n) is 2.06. The highest BCUT2D eigenvalue weighted by Crippen LogP contribution is 1.92. The van der Waals surface area contributed by atoms with E-state index in [9.17, 15) is 14.4 Å². The van der Waals surface area contributed by atoms with E-state index >= 15 is 0 Å². The number of aromatic amines is 1. The van der Waals surface area contributed by atoms with E-state index in [0.29, 0.717) is 0 Å². The molecule has 0 aromatic carbocycles. The molecule has 0 aliphatic heterocycles. The molecule has 0 unspecified atom stereocenters. The number of aromatic nitrogens is 1. The van der Waals surface area contributed by atoms with Gasteiger partial charge < -0.3 is 20.5 Å². The molecule has 7 nitrogen and oxygen atoms in total. The smallest absolute Gasteiger partial charge is 0.332 e. The number of amides is 1. The van der Waals surface area contributed by atoms with Gasteiger partial charge in [-0.3, -0.25) is 9.59 Å². The molecule has 0 aliphatic carbocycles. The molecule has 0 saturated carbocycles. The van der Waals surface area contributed by atoms with Gasteiger partial charge in [-0.25, -0.2) is 4.79 Å². The zero-order chi connectivity index (χ0) is 12.8. The summed E-state index contributed by atoms with van der Waals surface area (Å²) in [5.41, 5.74) is -0.489. The lowest BCUT2D eigenvalue weighted by atomic mass is 10.2. The highest BCUT2D eigenvalue weighted by atomic mass is 16.4. The van der Waals surface area contributed by atoms with E-state index in [-0.39, 0.29) is 18.5 Å². The zero-order valence-electron chi connectivity index (χ0n) is 8.84. The molecule has 17 heavy (non-hydrogen) atoms. The topological polar surface area (TPSA) is 119 Å². The summed E-state index contributed by atoms with van der Waals surface area (Å²) in [6.45, 7) is -0.0271. The minimum Gasteiger partial charge on any atom is -0.479 e. The SMILES string of the molecule is O=C(NCC[C@H](O)C(=O)O)c1c[nH]ccc1=O. The summed E-state index contributed by atoms with van der Waals surface area (Å²) in [7, 11) is 0. The molecule has 1 rings (SSSR count). The first-order valence-electron chi connectivity index (χ1n) is 4.88. The number of carboxylic acid groups (broad SMARTS) is 1. The average Bonchev–Trinajstić information content (AvgIpc) is 2.29. The number of hydrogen-bond donors (Lipinski definition) is 4. The van der Waals surface area contributed by atoms with Gasteiger partial charge in [0.15, 0.2) is 11.5 Å². The lowest BCUT2D eigenvalue weighted by Gasteiger charge is -2.06. The summed E-state index contributed by atoms with van der Waals surface area (Å²) in [6.07, 6.45) is 1.01. The molecule has 7 heteroatoms. The molecule has 1 atom stereocenters. The second-order valence-electron chi connectivity index (χ2n) is 3.32. The Labute approximate surface area is 96.1 Å². The van der Waals surface area contributed by atoms with Gasteiger partial charge in [-0.1, -0.05) is 0 Å². The Morgan fingerprint density at radius 3 is 2.76 bits per heavy atom. The predicted octanol–water partition coefficient (Wildman–Crippen LogP) is -1.06. The minimum atomic E-state index is -1.52. The van der Waals surface area contributed by atoms with Gasteiger partial charge in [0.1, 0.15) is 5.56 Å². The summed E-state index contributed by atoms with van der Waals surface area (Å²) < 4.78 is 0. The van der Waals surface area contributed by atoms with Gasteiger partial charge in [-0.15, -0.1) is 0 Å². The van der Waals surface area contributed by atoms with Crippen molar-refractivity contribution in [3.8, 4) is 0 Å². The number of hydrogen-bond acceptors (Lipinski definition) is 4. The van der Waals surface area contributed by atoms with Crippen LogP contribution in [0.15, 0.2) is 23.3 Å². The van der Waals surface area contributed by atoms with Crippen molar-refractivity contribution in [3.05, 3.63) is 34.2 Å². The van der Waals surface area contributed by atoms with Crippen molar-refractivity contribution >= 4 is 11.9 Å². The van der Waals surface area contributed by atoms with E-state index in [1.807, 2.05) is 0 Å². The fraction of sp³-hybridized carbons (Fsp3) is 0.300. The Morgan fingerprint density at radius 1 is 1.47 bits per heavy atom. The van der Waals surface area contributed by atoms with E-state index in [2.05, 4.69) is 10.3 Å². The maximum absolute atomic E-state index is 11.5. The van der Waals surface area contributed by atoms with Crippen LogP contribution in [0.4, 0.5) is 0 Å². The molecule has 0 saturated heterocycles. The number of pyridine rings is 1. The van der Waals surface area contributed by atoms with Gasteiger partial charge in [-0.05, 0) is 0 Å². The second kappa shape index (κ2) is 5.80. The third kappa shape index (κ3) is 3.72. The van der Waals surface area contributed by atoms with Crippen LogP contribution < -0.4 is 10.7 Å². The molecular weight excluding hydrogens is 228 g/mol. The number of aliphatic hydroxyl groups excluding tert-OH is 1. The summed E-state index contributed by atoms with van der Waals surface area (Å²) in [5, 5.41) is 19.7. The third-order valence-corrected chi connectivity index (χ3v) is 2.06. The minimum absolute atomic E-state index is 0.0271. The van der Waals surface area contributed by atoms with Crippen LogP contribution in [0.1, 0.15) is 16.8 Å². The van der Waals surface area contributed by atoms with Crippen molar-refractivity contribution in [2.45, 2.75) is 12.5 Å². The average molecular weight is 240 g/mol. The molecule has 1 aromatic rings. The van der Waals surface area contributed by atoms with E-state index in [1.165, 1.54) is 18.5 Å². The van der Waals surface area contributed by atoms with E-state index in [1.54, 1.807) is 0 Å². The number of rotatable bonds is 5. The van der Waals surface area contributed by atoms with Crippen molar-refractivity contribution in [2.75, 3.05) is 6.54 Å². The largest absolute Gasteiger partial charge is 0.479 e. The number of aliphatic hydroxyl groups is 1. The van der Waals surface area contributed by atoms with Gasteiger partial charge in [0.05, 0.1) is 0 Å². The van der Waals surface area contributed by atoms with Crippen molar-refractivity contribution < 1.29 is 19.8 Å². The Bertz CT molecular complexity index is 468. The van der Waals surface area contributed by atoms with Crippen molar-refractivity contribution in [3.63, 3.8) is 0 Å². The van der Waals surface area contributed by atoms with E-state index in [0.717, 1.165) is 0 Å². The monoisotopic (exact) mass is 240 g/mol. The Balaban J connectivity index is 2.49. The predicted molar refractivity (Wildman–Crippen MR) is 57.7 cm³/mol. The summed E-state index contributed by atoms with van der Waals surface area (Å²) >= 11 is 0. The first-order chi connectivity index (χ1) is 8.02. The van der Waals surface area contributed by atoms with Crippen LogP contribution >= 0.6 is 0 Å². The molecule has 0 fully saturated rings. The lowest BCUT2D eigenvalue weighted by molar-refractivity contribution is -0.146. The molecule has 1 aromatic heterocycles. The van der Waals surface area contributed by atoms with Crippen molar-refractivity contribution in [2.24, 2.45) is 0 Å². The fourth-order valence-electron chi connectivity index (χ4n) is 1.13. The van der Waals surface area contributed by atoms with Gasteiger partial charge in [0, 0.05) is 31.4 Å². The second-order valence-corrected chi connectivity index (χ2v) is 3.32. The van der Waals surface area contributed by atoms with E-state index < -0.39 is 23.4 Å². The van der Waals surface area contributed by atoms with Crippen LogP contribution in [0.5, 0.6) is 0 Å². The highest BCUT2D eigenvalue weighted by molar-refractivity contribution is 5.93. The van der Waals surface area contributed by atoms with Crippen molar-refractivity contribution in [1.82, 2.24) is 10.3 Å². The normalized spacial score (nSPS) is 11.8. The highest BCUT2D eigenvalue weighted by Gasteiger charge is 2.14. The van der Waals surface area contributed by atoms with Crippen LogP contribution in [0.2, 0.25) is 0 Å². The molecule has 0 bridgehead atoms. The van der Waals surface area contributed by atoms with Gasteiger partial charge in [0.2, 0.25) is 0 Å². The van der Waals surface area contributed by atoms with Gasteiger partial charge in [-0.2, -0.15) is 0 Å². The van der Waals surface area contributed by atoms with Crippen LogP contribution in [0, 0.1) is 0 Å². The maximum Gasteiger partial charge on any atom is 0.332 e. The lowest BCUT2D eigenvalue weighted by Crippen LogP contribution is -2.32. The van der Waals surface area contributed by atoms with Gasteiger partial charge >= 0.3 is 5.97 Å². The Kier molecular flexibility index (Phi) is 4.41. The standard InChI is InChI=1S/C10H12N2O5/c13-7-1-3-11-5-6(7)9(15)12-4-2-8(14)10(16)17/h1,3,5,8,14H,2,4H2,(H,11,13)(H,12,15)(H,16,17)/t8-/m0/s1. The molecule has 1 heterocycles. The number of nitrogens with one attached hydrogen (secondary N) is 2. The van der Waals surface area contributed by atoms with Gasteiger partial charge in [0.25, 0.3) is 5.91 Å². The van der Waals surface area contributed by atoms with Crippen LogP contribution in [0.3, 0.4) is 0 Å². The molecule has 0 aliphatic rings. The number of H-pyrrole nitrogens is 1. The van der Waals surface area contributed by atoms with Crippen molar-refractivity contribution in [1.29, 1.82) is 0 Å². The van der Waals surface area contributed by atoms with Crippen LogP contribution in [0.25, 0.3) is 0 Å². The first kappa shape index (κ1) is 12.9. The number of carbonyl (C=O) groups excluding carboxylic acids is 1. The molecule has 1 amide bonds. The summed E-state index contributed by atoms with van der Waals surface area (Å²) in [4.78, 5) is 35.6. The van der Waals surface area contributed by atoms with Crippen LogP contribution in [-0.2, 0) is 4.79 Å². The number of carboxylic acids is 1. The first-order valence-corrected chi connectivity index (χ1v) is 4.88. The molecular formula is C10H12N2O5. The molecule has 0 spiro atoms. The summed E-state index contributed by atoms with van der Waals surface area (Å²) in [6, 6.07) is 1.21. The zero-order valence-corrected chi connectivity index (χ0v) is 8.84. The Morgan fingerprint density at radius 2 is 2.18 bits per heavy atom. The fourth-order valence-corrected chi connectivity index (χ4v) is 1.13. The van der Waals surface area contributed by atoms with E-state index in [4.69, 9.17) is 10.2 Å². The maximum atomic E-state index is 11.5. The summed E-state index contributed by atoms with van der Waals surface area (Å²) in [5.74, 6) is -1.96. The molecule has 92 valence electrons. The van der Waals surface area contributed by atoms with Crippen LogP contribution in [-0.4, -0.2) is 39.7 Å². The Hall–Kier alpha value is -2.15.